The van der Waals surface area contributed by atoms with Gasteiger partial charge in [-0.1, -0.05) is 13.8 Å². The number of hydrazine groups is 1. The molecule has 1 aliphatic heterocycles. The Morgan fingerprint density at radius 1 is 1.59 bits per heavy atom. The number of hydrogen-bond acceptors (Lipinski definition) is 3. The largest absolute Gasteiger partial charge is 0.396 e. The van der Waals surface area contributed by atoms with Gasteiger partial charge in [-0.05, 0) is 31.1 Å². The van der Waals surface area contributed by atoms with Crippen molar-refractivity contribution in [1.29, 1.82) is 0 Å². The van der Waals surface area contributed by atoms with E-state index in [2.05, 4.69) is 29.2 Å². The smallest absolute Gasteiger partial charge is 0.208 e. The molecular weight excluding hydrogens is 216 g/mol. The number of nitrogens with two attached hydrogens (primary N) is 1. The summed E-state index contributed by atoms with van der Waals surface area (Å²) in [6, 6.07) is 0. The number of aliphatic imine (C=N–C) groups is 1. The van der Waals surface area contributed by atoms with Crippen molar-refractivity contribution >= 4 is 5.96 Å². The van der Waals surface area contributed by atoms with Crippen LogP contribution in [-0.2, 0) is 0 Å². The van der Waals surface area contributed by atoms with E-state index in [0.29, 0.717) is 11.8 Å². The fourth-order valence-corrected chi connectivity index (χ4v) is 2.18. The first kappa shape index (κ1) is 14.3. The summed E-state index contributed by atoms with van der Waals surface area (Å²) < 4.78 is 0. The molecule has 100 valence electrons. The van der Waals surface area contributed by atoms with Gasteiger partial charge in [0.1, 0.15) is 0 Å². The molecule has 0 bridgehead atoms. The van der Waals surface area contributed by atoms with Crippen LogP contribution in [0.15, 0.2) is 4.99 Å². The second-order valence-corrected chi connectivity index (χ2v) is 5.17. The van der Waals surface area contributed by atoms with Gasteiger partial charge in [-0.25, -0.2) is 5.84 Å². The topological polar surface area (TPSA) is 73.9 Å². The Morgan fingerprint density at radius 2 is 2.35 bits per heavy atom. The van der Waals surface area contributed by atoms with Gasteiger partial charge in [0, 0.05) is 26.2 Å². The van der Waals surface area contributed by atoms with Gasteiger partial charge in [0.15, 0.2) is 0 Å². The van der Waals surface area contributed by atoms with Gasteiger partial charge in [0.25, 0.3) is 0 Å². The van der Waals surface area contributed by atoms with Crippen molar-refractivity contribution in [2.45, 2.75) is 33.1 Å². The molecule has 17 heavy (non-hydrogen) atoms. The number of aliphatic hydroxyl groups is 1. The van der Waals surface area contributed by atoms with Gasteiger partial charge in [-0.15, -0.1) is 0 Å². The number of piperidine rings is 1. The predicted molar refractivity (Wildman–Crippen MR) is 70.5 cm³/mol. The molecule has 1 aliphatic rings. The van der Waals surface area contributed by atoms with Crippen LogP contribution in [0.2, 0.25) is 0 Å². The molecule has 5 heteroatoms. The minimum Gasteiger partial charge on any atom is -0.396 e. The maximum Gasteiger partial charge on any atom is 0.208 e. The molecule has 0 aromatic rings. The minimum atomic E-state index is 0.271. The molecule has 0 saturated carbocycles. The molecule has 4 N–H and O–H groups in total. The van der Waals surface area contributed by atoms with Crippen LogP contribution in [0.25, 0.3) is 0 Å². The normalized spacial score (nSPS) is 22.1. The van der Waals surface area contributed by atoms with E-state index in [9.17, 15) is 0 Å². The highest BCUT2D eigenvalue weighted by Crippen LogP contribution is 2.19. The fourth-order valence-electron chi connectivity index (χ4n) is 2.18. The van der Waals surface area contributed by atoms with E-state index in [1.165, 1.54) is 6.42 Å². The summed E-state index contributed by atoms with van der Waals surface area (Å²) in [6.07, 6.45) is 3.21. The summed E-state index contributed by atoms with van der Waals surface area (Å²) in [6.45, 7) is 7.29. The number of hydrogen-bond donors (Lipinski definition) is 3. The number of rotatable bonds is 4. The van der Waals surface area contributed by atoms with E-state index in [4.69, 9.17) is 10.9 Å². The predicted octanol–water partition coefficient (Wildman–Crippen LogP) is 0.556. The number of nitrogens with one attached hydrogen (secondary N) is 1. The molecule has 0 aromatic carbocycles. The van der Waals surface area contributed by atoms with Gasteiger partial charge in [0.2, 0.25) is 5.96 Å². The quantitative estimate of drug-likeness (QED) is 0.291. The molecule has 0 radical (unpaired) electrons. The number of nitrogens with zero attached hydrogens (tertiary/aromatic N) is 2. The van der Waals surface area contributed by atoms with E-state index in [1.807, 2.05) is 0 Å². The second-order valence-electron chi connectivity index (χ2n) is 5.17. The van der Waals surface area contributed by atoms with Crippen LogP contribution in [0, 0.1) is 11.8 Å². The lowest BCUT2D eigenvalue weighted by Crippen LogP contribution is -2.49. The molecular formula is C12H26N4O. The zero-order chi connectivity index (χ0) is 12.7. The molecule has 5 nitrogen and oxygen atoms in total. The lowest BCUT2D eigenvalue weighted by atomic mass is 9.95. The van der Waals surface area contributed by atoms with Crippen molar-refractivity contribution < 1.29 is 5.11 Å². The summed E-state index contributed by atoms with van der Waals surface area (Å²) in [7, 11) is 0. The van der Waals surface area contributed by atoms with Gasteiger partial charge in [-0.2, -0.15) is 0 Å². The number of aliphatic hydroxyl groups excluding tert-OH is 1. The van der Waals surface area contributed by atoms with Crippen LogP contribution in [0.5, 0.6) is 0 Å². The summed E-state index contributed by atoms with van der Waals surface area (Å²) in [4.78, 5) is 6.70. The first-order chi connectivity index (χ1) is 8.17. The summed E-state index contributed by atoms with van der Waals surface area (Å²) in [5, 5.41) is 8.99. The monoisotopic (exact) mass is 242 g/mol. The zero-order valence-corrected chi connectivity index (χ0v) is 11.0. The minimum absolute atomic E-state index is 0.271. The fraction of sp³-hybridized carbons (Fsp3) is 0.917. The molecule has 0 spiro atoms. The highest BCUT2D eigenvalue weighted by atomic mass is 16.3. The SMILES string of the molecule is CC(C)CN=C(NN)N1CCCC(CCO)C1. The Labute approximate surface area is 104 Å². The van der Waals surface area contributed by atoms with Crippen molar-refractivity contribution in [2.24, 2.45) is 22.7 Å². The Hall–Kier alpha value is -0.810. The Balaban J connectivity index is 2.53. The first-order valence-corrected chi connectivity index (χ1v) is 6.54. The van der Waals surface area contributed by atoms with E-state index in [0.717, 1.165) is 38.4 Å². The van der Waals surface area contributed by atoms with Gasteiger partial charge < -0.3 is 10.0 Å². The van der Waals surface area contributed by atoms with Crippen molar-refractivity contribution in [3.05, 3.63) is 0 Å². The highest BCUT2D eigenvalue weighted by molar-refractivity contribution is 5.79. The number of guanidine groups is 1. The average molecular weight is 242 g/mol. The third-order valence-electron chi connectivity index (χ3n) is 3.09. The molecule has 1 unspecified atom stereocenters. The third-order valence-corrected chi connectivity index (χ3v) is 3.09. The Kier molecular flexibility index (Phi) is 6.29. The summed E-state index contributed by atoms with van der Waals surface area (Å²) >= 11 is 0. The van der Waals surface area contributed by atoms with Crippen molar-refractivity contribution in [2.75, 3.05) is 26.2 Å². The van der Waals surface area contributed by atoms with Crippen molar-refractivity contribution in [1.82, 2.24) is 10.3 Å². The van der Waals surface area contributed by atoms with Crippen LogP contribution in [0.4, 0.5) is 0 Å². The second kappa shape index (κ2) is 7.50. The van der Waals surface area contributed by atoms with Gasteiger partial charge >= 0.3 is 0 Å². The van der Waals surface area contributed by atoms with Crippen LogP contribution >= 0.6 is 0 Å². The maximum atomic E-state index is 8.99. The molecule has 1 rings (SSSR count). The molecule has 1 saturated heterocycles. The van der Waals surface area contributed by atoms with Crippen LogP contribution in [0.1, 0.15) is 33.1 Å². The lowest BCUT2D eigenvalue weighted by molar-refractivity contribution is 0.195. The standard InChI is InChI=1S/C12H26N4O/c1-10(2)8-14-12(15-13)16-6-3-4-11(9-16)5-7-17/h10-11,17H,3-9,13H2,1-2H3,(H,14,15). The zero-order valence-electron chi connectivity index (χ0n) is 11.0. The van der Waals surface area contributed by atoms with E-state index in [-0.39, 0.29) is 6.61 Å². The molecule has 0 amide bonds. The molecule has 1 atom stereocenters. The Morgan fingerprint density at radius 3 is 2.94 bits per heavy atom. The maximum absolute atomic E-state index is 8.99. The molecule has 1 heterocycles. The van der Waals surface area contributed by atoms with Crippen LogP contribution in [0.3, 0.4) is 0 Å². The summed E-state index contributed by atoms with van der Waals surface area (Å²) in [5.41, 5.74) is 2.70. The van der Waals surface area contributed by atoms with Gasteiger partial charge in [0.05, 0.1) is 0 Å². The molecule has 0 aromatic heterocycles. The van der Waals surface area contributed by atoms with E-state index in [1.54, 1.807) is 0 Å². The van der Waals surface area contributed by atoms with Gasteiger partial charge in [-0.3, -0.25) is 10.4 Å². The number of likely N-dealkylation sites (tertiary alicyclic amines) is 1. The summed E-state index contributed by atoms with van der Waals surface area (Å²) in [5.74, 6) is 7.43. The third kappa shape index (κ3) is 4.91. The Bertz CT molecular complexity index is 241. The first-order valence-electron chi connectivity index (χ1n) is 6.54. The molecule has 0 aliphatic carbocycles. The van der Waals surface area contributed by atoms with Crippen molar-refractivity contribution in [3.63, 3.8) is 0 Å². The van der Waals surface area contributed by atoms with Crippen molar-refractivity contribution in [3.8, 4) is 0 Å². The molecule has 1 fully saturated rings. The van der Waals surface area contributed by atoms with Crippen LogP contribution in [-0.4, -0.2) is 42.2 Å². The van der Waals surface area contributed by atoms with E-state index < -0.39 is 0 Å². The average Bonchev–Trinajstić information content (AvgIpc) is 2.30. The van der Waals surface area contributed by atoms with E-state index >= 15 is 0 Å². The lowest BCUT2D eigenvalue weighted by Gasteiger charge is -2.34. The van der Waals surface area contributed by atoms with Crippen LogP contribution < -0.4 is 11.3 Å². The highest BCUT2D eigenvalue weighted by Gasteiger charge is 2.21.